The van der Waals surface area contributed by atoms with Crippen LogP contribution in [0.5, 0.6) is 0 Å². The summed E-state index contributed by atoms with van der Waals surface area (Å²) >= 11 is 0. The summed E-state index contributed by atoms with van der Waals surface area (Å²) in [5.74, 6) is 0.0619. The molecule has 0 unspecified atom stereocenters. The Morgan fingerprint density at radius 3 is 2.35 bits per heavy atom. The second-order valence-electron chi connectivity index (χ2n) is 4.90. The van der Waals surface area contributed by atoms with E-state index in [1.54, 1.807) is 12.1 Å². The summed E-state index contributed by atoms with van der Waals surface area (Å²) in [6, 6.07) is 7.16. The van der Waals surface area contributed by atoms with Gasteiger partial charge in [0, 0.05) is 16.8 Å². The smallest absolute Gasteiger partial charge is 0.399 e. The van der Waals surface area contributed by atoms with E-state index >= 15 is 0 Å². The first-order chi connectivity index (χ1) is 7.89. The van der Waals surface area contributed by atoms with Crippen molar-refractivity contribution in [2.75, 3.05) is 5.73 Å². The summed E-state index contributed by atoms with van der Waals surface area (Å²) in [6.45, 7) is 5.77. The third-order valence-electron chi connectivity index (χ3n) is 2.44. The van der Waals surface area contributed by atoms with Crippen molar-refractivity contribution in [3.05, 3.63) is 34.8 Å². The highest BCUT2D eigenvalue weighted by molar-refractivity contribution is 5.58. The Morgan fingerprint density at radius 1 is 1.24 bits per heavy atom. The monoisotopic (exact) mass is 233 g/mol. The third kappa shape index (κ3) is 2.08. The second-order valence-corrected chi connectivity index (χ2v) is 4.90. The van der Waals surface area contributed by atoms with Gasteiger partial charge in [-0.05, 0) is 45.0 Å². The van der Waals surface area contributed by atoms with Crippen molar-refractivity contribution in [2.45, 2.75) is 26.3 Å². The van der Waals surface area contributed by atoms with Crippen LogP contribution >= 0.6 is 0 Å². The van der Waals surface area contributed by atoms with Crippen LogP contribution in [0.1, 0.15) is 20.8 Å². The van der Waals surface area contributed by atoms with Gasteiger partial charge in [0.1, 0.15) is 0 Å². The Balaban J connectivity index is 2.61. The molecule has 0 fully saturated rings. The number of hydrogen-bond acceptors (Lipinski definition) is 4. The number of anilines is 1. The zero-order valence-corrected chi connectivity index (χ0v) is 10.1. The van der Waals surface area contributed by atoms with Crippen LogP contribution in [0.25, 0.3) is 11.4 Å². The van der Waals surface area contributed by atoms with E-state index in [1.807, 2.05) is 32.9 Å². The average molecular weight is 233 g/mol. The molecular weight excluding hydrogens is 218 g/mol. The summed E-state index contributed by atoms with van der Waals surface area (Å²) in [6.07, 6.45) is 0. The molecule has 17 heavy (non-hydrogen) atoms. The van der Waals surface area contributed by atoms with Gasteiger partial charge in [0.25, 0.3) is 0 Å². The molecule has 2 N–H and O–H groups in total. The molecule has 2 aromatic rings. The van der Waals surface area contributed by atoms with Gasteiger partial charge in [-0.15, -0.1) is 0 Å². The second kappa shape index (κ2) is 3.76. The van der Waals surface area contributed by atoms with Gasteiger partial charge in [-0.25, -0.2) is 4.79 Å². The zero-order valence-electron chi connectivity index (χ0n) is 10.1. The molecule has 1 heterocycles. The molecule has 1 aromatic carbocycles. The van der Waals surface area contributed by atoms with E-state index in [-0.39, 0.29) is 5.54 Å². The molecule has 0 saturated heterocycles. The predicted molar refractivity (Wildman–Crippen MR) is 65.6 cm³/mol. The SMILES string of the molecule is CC(C)(C)n1c(-c2ccc(N)cc2)noc1=O. The lowest BCUT2D eigenvalue weighted by Crippen LogP contribution is -2.31. The molecule has 0 bridgehead atoms. The number of rotatable bonds is 1. The van der Waals surface area contributed by atoms with E-state index in [0.29, 0.717) is 11.5 Å². The standard InChI is InChI=1S/C12H15N3O2/c1-12(2,3)15-10(14-17-11(15)16)8-4-6-9(13)7-5-8/h4-7H,13H2,1-3H3. The summed E-state index contributed by atoms with van der Waals surface area (Å²) < 4.78 is 6.26. The van der Waals surface area contributed by atoms with Crippen molar-refractivity contribution in [1.29, 1.82) is 0 Å². The molecule has 5 nitrogen and oxygen atoms in total. The molecule has 0 atom stereocenters. The quantitative estimate of drug-likeness (QED) is 0.763. The maximum Gasteiger partial charge on any atom is 0.442 e. The van der Waals surface area contributed by atoms with Crippen LogP contribution in [0.3, 0.4) is 0 Å². The van der Waals surface area contributed by atoms with Crippen LogP contribution in [0, 0.1) is 0 Å². The molecule has 0 amide bonds. The number of nitrogens with two attached hydrogens (primary N) is 1. The molecule has 0 aliphatic carbocycles. The van der Waals surface area contributed by atoms with Crippen molar-refractivity contribution in [3.63, 3.8) is 0 Å². The van der Waals surface area contributed by atoms with E-state index in [4.69, 9.17) is 10.3 Å². The van der Waals surface area contributed by atoms with E-state index in [2.05, 4.69) is 5.16 Å². The lowest BCUT2D eigenvalue weighted by Gasteiger charge is -2.20. The summed E-state index contributed by atoms with van der Waals surface area (Å²) in [5, 5.41) is 3.82. The zero-order chi connectivity index (χ0) is 12.6. The molecule has 5 heteroatoms. The number of nitrogens with zero attached hydrogens (tertiary/aromatic N) is 2. The first-order valence-corrected chi connectivity index (χ1v) is 5.35. The van der Waals surface area contributed by atoms with Gasteiger partial charge in [0.05, 0.1) is 0 Å². The van der Waals surface area contributed by atoms with E-state index in [0.717, 1.165) is 5.56 Å². The third-order valence-corrected chi connectivity index (χ3v) is 2.44. The fourth-order valence-electron chi connectivity index (χ4n) is 1.66. The molecule has 90 valence electrons. The number of aromatic nitrogens is 2. The van der Waals surface area contributed by atoms with E-state index < -0.39 is 5.76 Å². The maximum atomic E-state index is 11.6. The Bertz CT molecular complexity index is 573. The summed E-state index contributed by atoms with van der Waals surface area (Å²) in [7, 11) is 0. The van der Waals surface area contributed by atoms with Crippen LogP contribution in [0.4, 0.5) is 5.69 Å². The Hall–Kier alpha value is -2.04. The lowest BCUT2D eigenvalue weighted by molar-refractivity contribution is 0.330. The number of nitrogen functional groups attached to an aromatic ring is 1. The van der Waals surface area contributed by atoms with Crippen molar-refractivity contribution in [2.24, 2.45) is 0 Å². The fraction of sp³-hybridized carbons (Fsp3) is 0.333. The first-order valence-electron chi connectivity index (χ1n) is 5.35. The fourth-order valence-corrected chi connectivity index (χ4v) is 1.66. The normalized spacial score (nSPS) is 11.7. The largest absolute Gasteiger partial charge is 0.442 e. The van der Waals surface area contributed by atoms with Crippen molar-refractivity contribution < 1.29 is 4.52 Å². The molecule has 0 aliphatic rings. The minimum Gasteiger partial charge on any atom is -0.399 e. The van der Waals surface area contributed by atoms with Crippen molar-refractivity contribution in [1.82, 2.24) is 9.72 Å². The van der Waals surface area contributed by atoms with Gasteiger partial charge in [-0.3, -0.25) is 9.09 Å². The van der Waals surface area contributed by atoms with Gasteiger partial charge in [-0.1, -0.05) is 5.16 Å². The molecule has 0 radical (unpaired) electrons. The van der Waals surface area contributed by atoms with Crippen molar-refractivity contribution >= 4 is 5.69 Å². The van der Waals surface area contributed by atoms with Gasteiger partial charge in [0.2, 0.25) is 0 Å². The molecular formula is C12H15N3O2. The molecule has 2 rings (SSSR count). The Kier molecular flexibility index (Phi) is 2.53. The average Bonchev–Trinajstić information content (AvgIpc) is 2.61. The van der Waals surface area contributed by atoms with E-state index in [1.165, 1.54) is 4.57 Å². The number of hydrogen-bond donors (Lipinski definition) is 1. The van der Waals surface area contributed by atoms with E-state index in [9.17, 15) is 4.79 Å². The van der Waals surface area contributed by atoms with Crippen LogP contribution < -0.4 is 11.5 Å². The van der Waals surface area contributed by atoms with Crippen LogP contribution in [-0.4, -0.2) is 9.72 Å². The molecule has 0 aliphatic heterocycles. The van der Waals surface area contributed by atoms with Crippen molar-refractivity contribution in [3.8, 4) is 11.4 Å². The highest BCUT2D eigenvalue weighted by Gasteiger charge is 2.23. The Labute approximate surface area is 98.8 Å². The van der Waals surface area contributed by atoms with Gasteiger partial charge in [-0.2, -0.15) is 0 Å². The minimum atomic E-state index is -0.454. The van der Waals surface area contributed by atoms with Crippen LogP contribution in [0.2, 0.25) is 0 Å². The van der Waals surface area contributed by atoms with Gasteiger partial charge in [0.15, 0.2) is 5.82 Å². The molecule has 1 aromatic heterocycles. The summed E-state index contributed by atoms with van der Waals surface area (Å²) in [5.41, 5.74) is 6.71. The van der Waals surface area contributed by atoms with Gasteiger partial charge >= 0.3 is 5.76 Å². The maximum absolute atomic E-state index is 11.6. The molecule has 0 spiro atoms. The van der Waals surface area contributed by atoms with Crippen LogP contribution in [-0.2, 0) is 5.54 Å². The topological polar surface area (TPSA) is 74.1 Å². The first kappa shape index (κ1) is 11.4. The highest BCUT2D eigenvalue weighted by Crippen LogP contribution is 2.22. The minimum absolute atomic E-state index is 0.381. The lowest BCUT2D eigenvalue weighted by atomic mass is 10.1. The number of benzene rings is 1. The summed E-state index contributed by atoms with van der Waals surface area (Å²) in [4.78, 5) is 11.6. The Morgan fingerprint density at radius 2 is 1.82 bits per heavy atom. The van der Waals surface area contributed by atoms with Crippen LogP contribution in [0.15, 0.2) is 33.6 Å². The highest BCUT2D eigenvalue weighted by atomic mass is 16.5. The predicted octanol–water partition coefficient (Wildman–Crippen LogP) is 1.84. The molecule has 0 saturated carbocycles. The van der Waals surface area contributed by atoms with Gasteiger partial charge < -0.3 is 5.73 Å².